The van der Waals surface area contributed by atoms with Crippen LogP contribution in [0.25, 0.3) is 0 Å². The molecule has 0 saturated heterocycles. The molecule has 0 radical (unpaired) electrons. The lowest BCUT2D eigenvalue weighted by atomic mass is 10.4. The Morgan fingerprint density at radius 1 is 1.21 bits per heavy atom. The summed E-state index contributed by atoms with van der Waals surface area (Å²) in [6.45, 7) is 0. The molecule has 2 nitrogen and oxygen atoms in total. The van der Waals surface area contributed by atoms with Crippen LogP contribution in [0.3, 0.4) is 0 Å². The number of benzene rings is 1. The van der Waals surface area contributed by atoms with Crippen molar-refractivity contribution in [1.82, 2.24) is 0 Å². The summed E-state index contributed by atoms with van der Waals surface area (Å²) in [5.41, 5.74) is 0. The number of hydrogen-bond donors (Lipinski definition) is 0. The molecule has 0 heterocycles. The smallest absolute Gasteiger partial charge is 0.195 e. The van der Waals surface area contributed by atoms with Crippen molar-refractivity contribution in [1.29, 1.82) is 0 Å². The first kappa shape index (κ1) is 11.1. The van der Waals surface area contributed by atoms with E-state index in [1.807, 2.05) is 0 Å². The fourth-order valence-electron chi connectivity index (χ4n) is 1.09. The quantitative estimate of drug-likeness (QED) is 0.698. The zero-order valence-electron chi connectivity index (χ0n) is 7.98. The Morgan fingerprint density at radius 3 is 2.07 bits per heavy atom. The van der Waals surface area contributed by atoms with Gasteiger partial charge < -0.3 is 0 Å². The SMILES string of the molecule is C[N+](C)=S(=O)(c1ccccc1)C(F)F. The van der Waals surface area contributed by atoms with Crippen LogP contribution < -0.4 is 0 Å². The first-order valence-corrected chi connectivity index (χ1v) is 5.61. The molecule has 0 aromatic heterocycles. The molecular formula is C9H12F2NOS+. The van der Waals surface area contributed by atoms with E-state index in [4.69, 9.17) is 0 Å². The molecule has 78 valence electrons. The van der Waals surface area contributed by atoms with Crippen LogP contribution in [0, 0.1) is 0 Å². The molecule has 14 heavy (non-hydrogen) atoms. The van der Waals surface area contributed by atoms with Crippen LogP contribution >= 0.6 is 0 Å². The Morgan fingerprint density at radius 2 is 1.71 bits per heavy atom. The van der Waals surface area contributed by atoms with Gasteiger partial charge in [-0.3, -0.25) is 0 Å². The molecule has 1 aromatic carbocycles. The number of rotatable bonds is 2. The summed E-state index contributed by atoms with van der Waals surface area (Å²) >= 11 is 0. The second-order valence-electron chi connectivity index (χ2n) is 2.95. The Labute approximate surface area is 82.3 Å². The summed E-state index contributed by atoms with van der Waals surface area (Å²) in [6, 6.07) is 7.80. The molecule has 0 bridgehead atoms. The van der Waals surface area contributed by atoms with Gasteiger partial charge in [-0.25, -0.2) is 0 Å². The van der Waals surface area contributed by atoms with Gasteiger partial charge in [0.1, 0.15) is 14.1 Å². The molecule has 0 spiro atoms. The Kier molecular flexibility index (Phi) is 3.21. The van der Waals surface area contributed by atoms with Crippen LogP contribution in [-0.4, -0.2) is 28.0 Å². The second kappa shape index (κ2) is 4.04. The molecule has 0 aliphatic heterocycles. The molecule has 1 aromatic rings. The third-order valence-electron chi connectivity index (χ3n) is 1.86. The van der Waals surface area contributed by atoms with Gasteiger partial charge >= 0.3 is 5.76 Å². The molecule has 1 atom stereocenters. The van der Waals surface area contributed by atoms with Gasteiger partial charge in [-0.2, -0.15) is 16.9 Å². The van der Waals surface area contributed by atoms with Crippen LogP contribution in [0.2, 0.25) is 0 Å². The predicted octanol–water partition coefficient (Wildman–Crippen LogP) is 2.01. The third kappa shape index (κ3) is 1.77. The standard InChI is InChI=1S/C9H12F2NOS/c1-12(2)14(13,9(10)11)8-6-4-3-5-7-8/h3-7,9H,1-2H3/q+1. The molecular weight excluding hydrogens is 208 g/mol. The van der Waals surface area contributed by atoms with Gasteiger partial charge in [0, 0.05) is 0 Å². The first-order valence-electron chi connectivity index (χ1n) is 4.03. The largest absolute Gasteiger partial charge is 0.358 e. The average Bonchev–Trinajstić information content (AvgIpc) is 2.17. The number of halogens is 2. The molecule has 0 aliphatic carbocycles. The zero-order chi connectivity index (χ0) is 10.8. The lowest BCUT2D eigenvalue weighted by Crippen LogP contribution is -2.21. The molecule has 5 heteroatoms. The van der Waals surface area contributed by atoms with E-state index < -0.39 is 15.5 Å². The molecule has 0 aliphatic rings. The van der Waals surface area contributed by atoms with E-state index in [9.17, 15) is 13.0 Å². The Hall–Kier alpha value is -0.970. The van der Waals surface area contributed by atoms with Gasteiger partial charge in [0.25, 0.3) is 0 Å². The summed E-state index contributed by atoms with van der Waals surface area (Å²) in [7, 11) is -0.620. The average molecular weight is 220 g/mol. The van der Waals surface area contributed by atoms with Crippen molar-refractivity contribution in [3.63, 3.8) is 0 Å². The highest BCUT2D eigenvalue weighted by Crippen LogP contribution is 2.19. The van der Waals surface area contributed by atoms with Crippen molar-refractivity contribution in [2.24, 2.45) is 0 Å². The maximum absolute atomic E-state index is 12.7. The molecule has 1 rings (SSSR count). The van der Waals surface area contributed by atoms with Gasteiger partial charge in [-0.05, 0) is 12.1 Å². The van der Waals surface area contributed by atoms with E-state index in [0.717, 1.165) is 3.95 Å². The summed E-state index contributed by atoms with van der Waals surface area (Å²) in [6.07, 6.45) is 0. The van der Waals surface area contributed by atoms with Crippen LogP contribution in [0.5, 0.6) is 0 Å². The normalized spacial score (nSPS) is 15.2. The topological polar surface area (TPSA) is 20.1 Å². The molecule has 0 N–H and O–H groups in total. The predicted molar refractivity (Wildman–Crippen MR) is 51.0 cm³/mol. The van der Waals surface area contributed by atoms with Crippen LogP contribution in [0.15, 0.2) is 35.2 Å². The van der Waals surface area contributed by atoms with Crippen LogP contribution in [0.4, 0.5) is 8.78 Å². The number of hydrogen-bond acceptors (Lipinski definition) is 1. The fourth-order valence-corrected chi connectivity index (χ4v) is 2.58. The summed E-state index contributed by atoms with van der Waals surface area (Å²) in [5, 5.41) is 0. The van der Waals surface area contributed by atoms with Crippen molar-refractivity contribution in [2.75, 3.05) is 14.1 Å². The van der Waals surface area contributed by atoms with Gasteiger partial charge in [0.15, 0.2) is 0 Å². The van der Waals surface area contributed by atoms with Crippen LogP contribution in [-0.2, 0) is 9.73 Å². The van der Waals surface area contributed by atoms with E-state index in [1.54, 1.807) is 18.2 Å². The van der Waals surface area contributed by atoms with E-state index in [2.05, 4.69) is 0 Å². The second-order valence-corrected chi connectivity index (χ2v) is 5.65. The summed E-state index contributed by atoms with van der Waals surface area (Å²) in [5.74, 6) is -2.88. The maximum Gasteiger partial charge on any atom is 0.358 e. The minimum absolute atomic E-state index is 0.167. The molecule has 0 saturated carbocycles. The maximum atomic E-state index is 12.7. The summed E-state index contributed by atoms with van der Waals surface area (Å²) < 4.78 is 38.4. The Balaban J connectivity index is 3.46. The van der Waals surface area contributed by atoms with Crippen molar-refractivity contribution in [2.45, 2.75) is 10.7 Å². The van der Waals surface area contributed by atoms with Crippen molar-refractivity contribution in [3.8, 4) is 0 Å². The first-order chi connectivity index (χ1) is 6.49. The molecule has 0 amide bonds. The van der Waals surface area contributed by atoms with E-state index in [1.165, 1.54) is 26.2 Å². The number of nitrogens with zero attached hydrogens (tertiary/aromatic N) is 1. The molecule has 0 fully saturated rings. The number of alkyl halides is 2. The summed E-state index contributed by atoms with van der Waals surface area (Å²) in [4.78, 5) is 0.167. The lowest BCUT2D eigenvalue weighted by molar-refractivity contribution is -0.442. The van der Waals surface area contributed by atoms with Gasteiger partial charge in [0.05, 0.1) is 4.90 Å². The third-order valence-corrected chi connectivity index (χ3v) is 4.38. The van der Waals surface area contributed by atoms with E-state index in [0.29, 0.717) is 0 Å². The van der Waals surface area contributed by atoms with Crippen molar-refractivity contribution < 1.29 is 16.9 Å². The van der Waals surface area contributed by atoms with Gasteiger partial charge in [0.2, 0.25) is 9.73 Å². The van der Waals surface area contributed by atoms with E-state index in [-0.39, 0.29) is 4.90 Å². The van der Waals surface area contributed by atoms with Gasteiger partial charge in [-0.15, -0.1) is 0 Å². The zero-order valence-corrected chi connectivity index (χ0v) is 8.80. The highest BCUT2D eigenvalue weighted by molar-refractivity contribution is 7.91. The highest BCUT2D eigenvalue weighted by atomic mass is 32.2. The van der Waals surface area contributed by atoms with Gasteiger partial charge in [-0.1, -0.05) is 18.2 Å². The molecule has 1 unspecified atom stereocenters. The lowest BCUT2D eigenvalue weighted by Gasteiger charge is -2.06. The minimum Gasteiger partial charge on any atom is -0.195 e. The Bertz CT molecular complexity index is 418. The van der Waals surface area contributed by atoms with Crippen molar-refractivity contribution >= 4 is 9.73 Å². The highest BCUT2D eigenvalue weighted by Gasteiger charge is 2.31. The minimum atomic E-state index is -3.40. The van der Waals surface area contributed by atoms with Crippen molar-refractivity contribution in [3.05, 3.63) is 30.3 Å². The van der Waals surface area contributed by atoms with E-state index >= 15 is 0 Å². The van der Waals surface area contributed by atoms with Crippen LogP contribution in [0.1, 0.15) is 0 Å². The monoisotopic (exact) mass is 220 g/mol. The fraction of sp³-hybridized carbons (Fsp3) is 0.333.